The zero-order valence-electron chi connectivity index (χ0n) is 16.1. The normalized spacial score (nSPS) is 11.4. The smallest absolute Gasteiger partial charge is 0.308 e. The minimum absolute atomic E-state index is 0.0871. The molecule has 0 aliphatic carbocycles. The molecule has 152 valence electrons. The maximum Gasteiger partial charge on any atom is 0.308 e. The quantitative estimate of drug-likeness (QED) is 0.385. The van der Waals surface area contributed by atoms with E-state index in [1.807, 2.05) is 36.4 Å². The van der Waals surface area contributed by atoms with E-state index in [0.717, 1.165) is 10.0 Å². The predicted octanol–water partition coefficient (Wildman–Crippen LogP) is 4.74. The van der Waals surface area contributed by atoms with Gasteiger partial charge in [-0.25, -0.2) is 0 Å². The molecule has 3 rings (SSSR count). The van der Waals surface area contributed by atoms with E-state index >= 15 is 0 Å². The Hall–Kier alpha value is -3.25. The summed E-state index contributed by atoms with van der Waals surface area (Å²) in [5.74, 6) is -1.15. The van der Waals surface area contributed by atoms with Gasteiger partial charge in [0, 0.05) is 15.6 Å². The SMILES string of the molecule is O=C(C[C@@H](NC(=O)c1ccccc1)c1ccccc1)OCC(=O)c1ccc(Br)cc1. The van der Waals surface area contributed by atoms with E-state index in [0.29, 0.717) is 11.1 Å². The van der Waals surface area contributed by atoms with Crippen LogP contribution in [0.15, 0.2) is 89.4 Å². The molecule has 0 radical (unpaired) electrons. The van der Waals surface area contributed by atoms with Gasteiger partial charge in [-0.1, -0.05) is 76.6 Å². The number of halogens is 1. The highest BCUT2D eigenvalue weighted by atomic mass is 79.9. The van der Waals surface area contributed by atoms with Crippen molar-refractivity contribution in [1.29, 1.82) is 0 Å². The van der Waals surface area contributed by atoms with Crippen LogP contribution in [0, 0.1) is 0 Å². The Morgan fingerprint density at radius 2 is 1.40 bits per heavy atom. The number of hydrogen-bond donors (Lipinski definition) is 1. The number of nitrogens with one attached hydrogen (secondary N) is 1. The fraction of sp³-hybridized carbons (Fsp3) is 0.125. The van der Waals surface area contributed by atoms with E-state index in [-0.39, 0.29) is 24.7 Å². The van der Waals surface area contributed by atoms with Crippen LogP contribution in [0.5, 0.6) is 0 Å². The Morgan fingerprint density at radius 1 is 0.800 bits per heavy atom. The lowest BCUT2D eigenvalue weighted by Crippen LogP contribution is -2.31. The topological polar surface area (TPSA) is 72.5 Å². The molecular weight excluding hydrogens is 446 g/mol. The molecule has 3 aromatic rings. The molecule has 0 aliphatic rings. The van der Waals surface area contributed by atoms with Crippen molar-refractivity contribution in [1.82, 2.24) is 5.32 Å². The first-order valence-electron chi connectivity index (χ1n) is 9.38. The molecule has 0 aromatic heterocycles. The van der Waals surface area contributed by atoms with Gasteiger partial charge in [-0.15, -0.1) is 0 Å². The number of ether oxygens (including phenoxy) is 1. The Kier molecular flexibility index (Phi) is 7.51. The number of carbonyl (C=O) groups excluding carboxylic acids is 3. The van der Waals surface area contributed by atoms with Crippen molar-refractivity contribution in [3.63, 3.8) is 0 Å². The summed E-state index contributed by atoms with van der Waals surface area (Å²) >= 11 is 3.31. The average molecular weight is 466 g/mol. The Balaban J connectivity index is 1.63. The molecule has 1 N–H and O–H groups in total. The highest BCUT2D eigenvalue weighted by Gasteiger charge is 2.21. The predicted molar refractivity (Wildman–Crippen MR) is 117 cm³/mol. The van der Waals surface area contributed by atoms with Crippen LogP contribution in [0.1, 0.15) is 38.7 Å². The minimum Gasteiger partial charge on any atom is -0.457 e. The standard InChI is InChI=1S/C24H20BrNO4/c25-20-13-11-18(12-14-20)22(27)16-30-23(28)15-21(17-7-3-1-4-8-17)26-24(29)19-9-5-2-6-10-19/h1-14,21H,15-16H2,(H,26,29)/t21-/m1/s1. The maximum atomic E-state index is 12.6. The van der Waals surface area contributed by atoms with Crippen LogP contribution in [0.2, 0.25) is 0 Å². The van der Waals surface area contributed by atoms with Crippen LogP contribution >= 0.6 is 15.9 Å². The number of Topliss-reactive ketones (excluding diaryl/α,β-unsaturated/α-hetero) is 1. The maximum absolute atomic E-state index is 12.6. The third-order valence-electron chi connectivity index (χ3n) is 4.44. The van der Waals surface area contributed by atoms with Crippen molar-refractivity contribution in [3.05, 3.63) is 106 Å². The van der Waals surface area contributed by atoms with Crippen LogP contribution in [-0.2, 0) is 9.53 Å². The van der Waals surface area contributed by atoms with Gasteiger partial charge in [-0.05, 0) is 29.8 Å². The van der Waals surface area contributed by atoms with Crippen LogP contribution in [-0.4, -0.2) is 24.3 Å². The molecule has 30 heavy (non-hydrogen) atoms. The Bertz CT molecular complexity index is 1000. The molecule has 5 nitrogen and oxygen atoms in total. The molecular formula is C24H20BrNO4. The fourth-order valence-electron chi connectivity index (χ4n) is 2.86. The number of amides is 1. The summed E-state index contributed by atoms with van der Waals surface area (Å²) in [6.07, 6.45) is -0.0871. The van der Waals surface area contributed by atoms with Gasteiger partial charge in [-0.2, -0.15) is 0 Å². The molecule has 1 amide bonds. The second-order valence-corrected chi connectivity index (χ2v) is 7.51. The van der Waals surface area contributed by atoms with E-state index in [4.69, 9.17) is 4.74 Å². The van der Waals surface area contributed by atoms with E-state index in [1.54, 1.807) is 48.5 Å². The summed E-state index contributed by atoms with van der Waals surface area (Å²) in [6, 6.07) is 24.2. The van der Waals surface area contributed by atoms with Crippen LogP contribution in [0.25, 0.3) is 0 Å². The second-order valence-electron chi connectivity index (χ2n) is 6.60. The summed E-state index contributed by atoms with van der Waals surface area (Å²) in [7, 11) is 0. The molecule has 0 fully saturated rings. The lowest BCUT2D eigenvalue weighted by atomic mass is 10.0. The molecule has 0 spiro atoms. The molecule has 0 saturated carbocycles. The van der Waals surface area contributed by atoms with E-state index < -0.39 is 12.0 Å². The first-order chi connectivity index (χ1) is 14.5. The zero-order valence-corrected chi connectivity index (χ0v) is 17.7. The zero-order chi connectivity index (χ0) is 21.3. The summed E-state index contributed by atoms with van der Waals surface area (Å²) in [6.45, 7) is -0.353. The van der Waals surface area contributed by atoms with Gasteiger partial charge < -0.3 is 10.1 Å². The third kappa shape index (κ3) is 6.12. The first kappa shape index (κ1) is 21.5. The second kappa shape index (κ2) is 10.5. The van der Waals surface area contributed by atoms with Gasteiger partial charge in [0.15, 0.2) is 12.4 Å². The van der Waals surface area contributed by atoms with Gasteiger partial charge >= 0.3 is 5.97 Å². The molecule has 1 atom stereocenters. The molecule has 0 heterocycles. The Labute approximate surface area is 183 Å². The third-order valence-corrected chi connectivity index (χ3v) is 4.97. The molecule has 0 bridgehead atoms. The van der Waals surface area contributed by atoms with Crippen molar-refractivity contribution < 1.29 is 19.1 Å². The van der Waals surface area contributed by atoms with Crippen molar-refractivity contribution in [2.75, 3.05) is 6.61 Å². The van der Waals surface area contributed by atoms with Crippen molar-refractivity contribution in [2.24, 2.45) is 0 Å². The van der Waals surface area contributed by atoms with Crippen molar-refractivity contribution in [3.8, 4) is 0 Å². The number of carbonyl (C=O) groups is 3. The minimum atomic E-state index is -0.575. The summed E-state index contributed by atoms with van der Waals surface area (Å²) in [4.78, 5) is 37.2. The van der Waals surface area contributed by atoms with E-state index in [1.165, 1.54) is 0 Å². The van der Waals surface area contributed by atoms with Crippen LogP contribution in [0.4, 0.5) is 0 Å². The Morgan fingerprint density at radius 3 is 2.03 bits per heavy atom. The molecule has 0 unspecified atom stereocenters. The fourth-order valence-corrected chi connectivity index (χ4v) is 3.12. The monoisotopic (exact) mass is 465 g/mol. The van der Waals surface area contributed by atoms with Gasteiger partial charge in [0.2, 0.25) is 0 Å². The van der Waals surface area contributed by atoms with Crippen LogP contribution in [0.3, 0.4) is 0 Å². The molecule has 0 aliphatic heterocycles. The highest BCUT2D eigenvalue weighted by molar-refractivity contribution is 9.10. The van der Waals surface area contributed by atoms with Gasteiger partial charge in [0.1, 0.15) is 0 Å². The summed E-state index contributed by atoms with van der Waals surface area (Å²) in [5, 5.41) is 2.88. The summed E-state index contributed by atoms with van der Waals surface area (Å²) < 4.78 is 6.03. The number of benzene rings is 3. The summed E-state index contributed by atoms with van der Waals surface area (Å²) in [5.41, 5.74) is 1.73. The van der Waals surface area contributed by atoms with Crippen molar-refractivity contribution in [2.45, 2.75) is 12.5 Å². The molecule has 6 heteroatoms. The lowest BCUT2D eigenvalue weighted by molar-refractivity contribution is -0.143. The molecule has 0 saturated heterocycles. The average Bonchev–Trinajstić information content (AvgIpc) is 2.78. The molecule has 3 aromatic carbocycles. The lowest BCUT2D eigenvalue weighted by Gasteiger charge is -2.18. The van der Waals surface area contributed by atoms with Gasteiger partial charge in [0.25, 0.3) is 5.91 Å². The highest BCUT2D eigenvalue weighted by Crippen LogP contribution is 2.18. The van der Waals surface area contributed by atoms with Gasteiger partial charge in [0.05, 0.1) is 12.5 Å². The largest absolute Gasteiger partial charge is 0.457 e. The number of esters is 1. The first-order valence-corrected chi connectivity index (χ1v) is 10.2. The number of hydrogen-bond acceptors (Lipinski definition) is 4. The van der Waals surface area contributed by atoms with Crippen molar-refractivity contribution >= 4 is 33.6 Å². The van der Waals surface area contributed by atoms with E-state index in [2.05, 4.69) is 21.2 Å². The number of ketones is 1. The number of rotatable bonds is 8. The van der Waals surface area contributed by atoms with E-state index in [9.17, 15) is 14.4 Å². The van der Waals surface area contributed by atoms with Crippen LogP contribution < -0.4 is 5.32 Å². The van der Waals surface area contributed by atoms with Gasteiger partial charge in [-0.3, -0.25) is 14.4 Å².